The fraction of sp³-hybridized carbons (Fsp3) is 0.357. The molecule has 3 heterocycles. The van der Waals surface area contributed by atoms with Crippen LogP contribution in [0.15, 0.2) is 78.2 Å². The number of hydrogen-bond acceptors (Lipinski definition) is 8. The number of anilines is 3. The first-order valence-corrected chi connectivity index (χ1v) is 13.3. The van der Waals surface area contributed by atoms with Crippen LogP contribution in [-0.4, -0.2) is 70.7 Å². The van der Waals surface area contributed by atoms with Gasteiger partial charge in [0.2, 0.25) is 5.95 Å². The van der Waals surface area contributed by atoms with Crippen molar-refractivity contribution in [3.8, 4) is 0 Å². The summed E-state index contributed by atoms with van der Waals surface area (Å²) in [5.74, 6) is 0.148. The van der Waals surface area contributed by atoms with Crippen molar-refractivity contribution in [3.63, 3.8) is 0 Å². The zero-order valence-electron chi connectivity index (χ0n) is 21.1. The summed E-state index contributed by atoms with van der Waals surface area (Å²) >= 11 is 5.97. The Kier molecular flexibility index (Phi) is 8.30. The minimum atomic E-state index is -1.06. The summed E-state index contributed by atoms with van der Waals surface area (Å²) in [5.41, 5.74) is 2.29. The largest absolute Gasteiger partial charge is 0.375 e. The predicted octanol–water partition coefficient (Wildman–Crippen LogP) is 4.61. The molecule has 5 rings (SSSR count). The Morgan fingerprint density at radius 2 is 1.55 bits per heavy atom. The SMILES string of the molecule is O=NC(C(=O)c1cnc(N2CCN(C(=S)N(c3ccccc3)c3ccccc3)CC2)nc1)C1CCCCO1. The van der Waals surface area contributed by atoms with Crippen molar-refractivity contribution in [3.05, 3.63) is 83.5 Å². The summed E-state index contributed by atoms with van der Waals surface area (Å²) < 4.78 is 5.61. The minimum Gasteiger partial charge on any atom is -0.375 e. The van der Waals surface area contributed by atoms with E-state index >= 15 is 0 Å². The first-order valence-electron chi connectivity index (χ1n) is 12.9. The third kappa shape index (κ3) is 5.71. The van der Waals surface area contributed by atoms with Gasteiger partial charge in [0.25, 0.3) is 0 Å². The van der Waals surface area contributed by atoms with Crippen molar-refractivity contribution >= 4 is 40.4 Å². The van der Waals surface area contributed by atoms with Crippen LogP contribution in [0, 0.1) is 4.91 Å². The summed E-state index contributed by atoms with van der Waals surface area (Å²) in [6.07, 6.45) is 4.99. The van der Waals surface area contributed by atoms with Crippen LogP contribution in [0.2, 0.25) is 0 Å². The molecule has 38 heavy (non-hydrogen) atoms. The molecule has 2 unspecified atom stereocenters. The van der Waals surface area contributed by atoms with Crippen LogP contribution in [0.1, 0.15) is 29.6 Å². The summed E-state index contributed by atoms with van der Waals surface area (Å²) in [6.45, 7) is 3.31. The molecular formula is C28H30N6O3S. The summed E-state index contributed by atoms with van der Waals surface area (Å²) in [5, 5.41) is 3.81. The molecule has 0 spiro atoms. The average molecular weight is 531 g/mol. The number of ketones is 1. The molecular weight excluding hydrogens is 500 g/mol. The van der Waals surface area contributed by atoms with Gasteiger partial charge >= 0.3 is 0 Å². The molecule has 2 aromatic carbocycles. The number of carbonyl (C=O) groups excluding carboxylic acids is 1. The number of nitrogens with zero attached hydrogens (tertiary/aromatic N) is 6. The van der Waals surface area contributed by atoms with E-state index in [0.29, 0.717) is 45.2 Å². The molecule has 9 nitrogen and oxygen atoms in total. The van der Waals surface area contributed by atoms with Gasteiger partial charge in [-0.3, -0.25) is 9.69 Å². The number of hydrogen-bond donors (Lipinski definition) is 0. The second-order valence-corrected chi connectivity index (χ2v) is 9.72. The molecule has 3 aromatic rings. The highest BCUT2D eigenvalue weighted by Crippen LogP contribution is 2.27. The Labute approximate surface area is 227 Å². The van der Waals surface area contributed by atoms with E-state index in [-0.39, 0.29) is 5.56 Å². The third-order valence-corrected chi connectivity index (χ3v) is 7.37. The Morgan fingerprint density at radius 1 is 0.947 bits per heavy atom. The molecule has 1 aromatic heterocycles. The minimum absolute atomic E-state index is 0.272. The number of ether oxygens (including phenoxy) is 1. The van der Waals surface area contributed by atoms with Crippen LogP contribution in [0.4, 0.5) is 17.3 Å². The van der Waals surface area contributed by atoms with Gasteiger partial charge in [-0.25, -0.2) is 9.97 Å². The maximum Gasteiger partial charge on any atom is 0.225 e. The van der Waals surface area contributed by atoms with Crippen LogP contribution in [-0.2, 0) is 4.74 Å². The number of piperazine rings is 1. The Bertz CT molecular complexity index is 1190. The molecule has 0 radical (unpaired) electrons. The lowest BCUT2D eigenvalue weighted by molar-refractivity contribution is 0.00345. The van der Waals surface area contributed by atoms with E-state index in [9.17, 15) is 9.70 Å². The van der Waals surface area contributed by atoms with Gasteiger partial charge in [-0.1, -0.05) is 41.6 Å². The second-order valence-electron chi connectivity index (χ2n) is 9.35. The number of Topliss-reactive ketones (excluding diaryl/α,β-unsaturated/α-hetero) is 1. The predicted molar refractivity (Wildman–Crippen MR) is 151 cm³/mol. The topological polar surface area (TPSA) is 91.2 Å². The van der Waals surface area contributed by atoms with Gasteiger partial charge in [-0.2, -0.15) is 0 Å². The first kappa shape index (κ1) is 25.9. The van der Waals surface area contributed by atoms with Gasteiger partial charge in [-0.15, -0.1) is 4.91 Å². The van der Waals surface area contributed by atoms with E-state index in [1.807, 2.05) is 36.4 Å². The summed E-state index contributed by atoms with van der Waals surface area (Å²) in [4.78, 5) is 39.5. The lowest BCUT2D eigenvalue weighted by atomic mass is 9.97. The van der Waals surface area contributed by atoms with Crippen LogP contribution in [0.3, 0.4) is 0 Å². The monoisotopic (exact) mass is 530 g/mol. The smallest absolute Gasteiger partial charge is 0.225 e. The van der Waals surface area contributed by atoms with Gasteiger partial charge in [0.15, 0.2) is 16.9 Å². The standard InChI is InChI=1S/C28H30N6O3S/c35-26(25(31-36)24-13-7-8-18-37-24)21-19-29-27(30-20-21)32-14-16-33(17-15-32)28(38)34(22-9-3-1-4-10-22)23-11-5-2-6-12-23/h1-6,9-12,19-20,24-25H,7-8,13-18H2. The number of thiocarbonyl (C=S) groups is 1. The number of benzene rings is 2. The molecule has 0 bridgehead atoms. The zero-order valence-corrected chi connectivity index (χ0v) is 21.9. The third-order valence-electron chi connectivity index (χ3n) is 6.93. The highest BCUT2D eigenvalue weighted by atomic mass is 32.1. The first-order chi connectivity index (χ1) is 18.7. The maximum atomic E-state index is 12.9. The summed E-state index contributed by atoms with van der Waals surface area (Å²) in [7, 11) is 0. The zero-order chi connectivity index (χ0) is 26.3. The average Bonchev–Trinajstić information content (AvgIpc) is 2.99. The van der Waals surface area contributed by atoms with Gasteiger partial charge in [-0.05, 0) is 55.7 Å². The fourth-order valence-electron chi connectivity index (χ4n) is 4.84. The highest BCUT2D eigenvalue weighted by molar-refractivity contribution is 7.80. The van der Waals surface area contributed by atoms with Gasteiger partial charge in [0.05, 0.1) is 11.7 Å². The van der Waals surface area contributed by atoms with Crippen molar-refractivity contribution in [2.45, 2.75) is 31.4 Å². The highest BCUT2D eigenvalue weighted by Gasteiger charge is 2.33. The summed E-state index contributed by atoms with van der Waals surface area (Å²) in [6, 6.07) is 19.2. The lowest BCUT2D eigenvalue weighted by Crippen LogP contribution is -2.52. The van der Waals surface area contributed by atoms with Gasteiger partial charge in [0.1, 0.15) is 0 Å². The molecule has 2 atom stereocenters. The molecule has 2 aliphatic rings. The van der Waals surface area contributed by atoms with E-state index < -0.39 is 17.9 Å². The molecule has 0 saturated carbocycles. The number of carbonyl (C=O) groups is 1. The van der Waals surface area contributed by atoms with E-state index in [2.05, 4.69) is 54.1 Å². The molecule has 2 saturated heterocycles. The molecule has 10 heteroatoms. The Hall–Kier alpha value is -3.76. The van der Waals surface area contributed by atoms with Crippen LogP contribution >= 0.6 is 12.2 Å². The maximum absolute atomic E-state index is 12.9. The molecule has 196 valence electrons. The van der Waals surface area contributed by atoms with Gasteiger partial charge < -0.3 is 14.5 Å². The van der Waals surface area contributed by atoms with E-state index in [1.165, 1.54) is 12.4 Å². The molecule has 0 N–H and O–H groups in total. The molecule has 2 aliphatic heterocycles. The Morgan fingerprint density at radius 3 is 2.08 bits per heavy atom. The van der Waals surface area contributed by atoms with Crippen LogP contribution in [0.25, 0.3) is 0 Å². The number of rotatable bonds is 7. The van der Waals surface area contributed by atoms with Crippen molar-refractivity contribution in [1.29, 1.82) is 0 Å². The van der Waals surface area contributed by atoms with Crippen LogP contribution in [0.5, 0.6) is 0 Å². The molecule has 2 fully saturated rings. The van der Waals surface area contributed by atoms with Crippen molar-refractivity contribution in [2.75, 3.05) is 42.6 Å². The normalized spacial score (nSPS) is 18.5. The number of para-hydroxylation sites is 2. The molecule has 0 amide bonds. The second kappa shape index (κ2) is 12.2. The van der Waals surface area contributed by atoms with Crippen molar-refractivity contribution < 1.29 is 9.53 Å². The molecule has 0 aliphatic carbocycles. The van der Waals surface area contributed by atoms with Crippen molar-refractivity contribution in [2.24, 2.45) is 5.18 Å². The number of nitroso groups, excluding NO2 is 1. The van der Waals surface area contributed by atoms with E-state index in [0.717, 1.165) is 29.3 Å². The van der Waals surface area contributed by atoms with Crippen LogP contribution < -0.4 is 9.80 Å². The quantitative estimate of drug-likeness (QED) is 0.247. The van der Waals surface area contributed by atoms with E-state index in [4.69, 9.17) is 17.0 Å². The Balaban J connectivity index is 1.23. The lowest BCUT2D eigenvalue weighted by Gasteiger charge is -2.39. The van der Waals surface area contributed by atoms with Gasteiger partial charge in [0, 0.05) is 56.6 Å². The van der Waals surface area contributed by atoms with E-state index in [1.54, 1.807) is 0 Å². The fourth-order valence-corrected chi connectivity index (χ4v) is 5.24. The number of aromatic nitrogens is 2. The van der Waals surface area contributed by atoms with Crippen molar-refractivity contribution in [1.82, 2.24) is 14.9 Å².